The summed E-state index contributed by atoms with van der Waals surface area (Å²) in [4.78, 5) is 0. The minimum atomic E-state index is -0.566. The molecule has 0 amide bonds. The topological polar surface area (TPSA) is 36.9 Å². The van der Waals surface area contributed by atoms with Crippen LogP contribution in [-0.2, 0) is 19.5 Å². The van der Waals surface area contributed by atoms with Crippen LogP contribution in [0.3, 0.4) is 0 Å². The van der Waals surface area contributed by atoms with Crippen LogP contribution < -0.4 is 10.2 Å². The summed E-state index contributed by atoms with van der Waals surface area (Å²) in [7, 11) is 1.07. The Kier molecular flexibility index (Phi) is 6.45. The van der Waals surface area contributed by atoms with Crippen molar-refractivity contribution in [2.24, 2.45) is 0 Å². The van der Waals surface area contributed by atoms with Gasteiger partial charge in [-0.2, -0.15) is 0 Å². The van der Waals surface area contributed by atoms with E-state index in [4.69, 9.17) is 18.8 Å². The van der Waals surface area contributed by atoms with Gasteiger partial charge >= 0.3 is 7.12 Å². The lowest BCUT2D eigenvalue weighted by atomic mass is 9.63. The molecule has 4 aromatic rings. The van der Waals surface area contributed by atoms with Gasteiger partial charge in [0, 0.05) is 18.1 Å². The number of fused-ring (bicyclic) bond motifs is 3. The first kappa shape index (κ1) is 26.8. The van der Waals surface area contributed by atoms with Crippen LogP contribution in [0.15, 0.2) is 84.9 Å². The van der Waals surface area contributed by atoms with Crippen LogP contribution in [-0.4, -0.2) is 32.2 Å². The number of benzene rings is 4. The summed E-state index contributed by atoms with van der Waals surface area (Å²) < 4.78 is 25.0. The molecule has 0 spiro atoms. The van der Waals surface area contributed by atoms with E-state index in [0.717, 1.165) is 27.9 Å². The van der Waals surface area contributed by atoms with E-state index in [1.165, 1.54) is 27.8 Å². The molecule has 0 bridgehead atoms. The Labute approximate surface area is 238 Å². The van der Waals surface area contributed by atoms with Crippen molar-refractivity contribution in [2.45, 2.75) is 58.2 Å². The molecule has 0 unspecified atom stereocenters. The van der Waals surface area contributed by atoms with E-state index in [9.17, 15) is 0 Å². The normalized spacial score (nSPS) is 17.9. The third-order valence-electron chi connectivity index (χ3n) is 9.11. The molecule has 6 rings (SSSR count). The molecule has 40 heavy (non-hydrogen) atoms. The number of rotatable bonds is 6. The average molecular weight is 532 g/mol. The quantitative estimate of drug-likeness (QED) is 0.193. The van der Waals surface area contributed by atoms with Gasteiger partial charge in [-0.25, -0.2) is 0 Å². The summed E-state index contributed by atoms with van der Waals surface area (Å²) in [6.45, 7) is 13.0. The predicted octanol–water partition coefficient (Wildman–Crippen LogP) is 7.28. The van der Waals surface area contributed by atoms with Gasteiger partial charge in [-0.15, -0.1) is 0 Å². The van der Waals surface area contributed by atoms with E-state index in [2.05, 4.69) is 120 Å². The molecular weight excluding hydrogens is 495 g/mol. The molecule has 1 heterocycles. The lowest BCUT2D eigenvalue weighted by molar-refractivity contribution is 0.00578. The second-order valence-corrected chi connectivity index (χ2v) is 12.1. The molecule has 204 valence electrons. The molecule has 4 nitrogen and oxygen atoms in total. The summed E-state index contributed by atoms with van der Waals surface area (Å²) in [6.07, 6.45) is 0. The molecule has 1 fully saturated rings. The summed E-state index contributed by atoms with van der Waals surface area (Å²) in [5.41, 5.74) is 9.08. The number of hydrogen-bond acceptors (Lipinski definition) is 4. The number of methoxy groups -OCH3 is 1. The average Bonchev–Trinajstić information content (AvgIpc) is 3.33. The van der Waals surface area contributed by atoms with E-state index in [1.54, 1.807) is 7.11 Å². The first-order valence-corrected chi connectivity index (χ1v) is 14.0. The summed E-state index contributed by atoms with van der Waals surface area (Å²) in [5, 5.41) is 0. The molecule has 0 N–H and O–H groups in total. The fourth-order valence-corrected chi connectivity index (χ4v) is 6.30. The predicted molar refractivity (Wildman–Crippen MR) is 162 cm³/mol. The van der Waals surface area contributed by atoms with E-state index < -0.39 is 23.7 Å². The van der Waals surface area contributed by atoms with Crippen LogP contribution in [0.1, 0.15) is 56.9 Å². The highest BCUT2D eigenvalue weighted by molar-refractivity contribution is 6.64. The zero-order valence-corrected chi connectivity index (χ0v) is 24.5. The maximum absolute atomic E-state index is 6.80. The smallest absolute Gasteiger partial charge is 0.467 e. The van der Waals surface area contributed by atoms with Crippen molar-refractivity contribution in [3.63, 3.8) is 0 Å². The van der Waals surface area contributed by atoms with Gasteiger partial charge in [0.25, 0.3) is 0 Å². The van der Waals surface area contributed by atoms with Gasteiger partial charge in [0.2, 0.25) is 0 Å². The number of ether oxygens (including phenoxy) is 2. The maximum atomic E-state index is 6.80. The van der Waals surface area contributed by atoms with Crippen LogP contribution in [0.4, 0.5) is 0 Å². The van der Waals surface area contributed by atoms with E-state index >= 15 is 0 Å². The van der Waals surface area contributed by atoms with Gasteiger partial charge in [0.05, 0.1) is 11.2 Å². The Morgan fingerprint density at radius 1 is 0.650 bits per heavy atom. The second-order valence-electron chi connectivity index (χ2n) is 12.1. The third kappa shape index (κ3) is 4.02. The van der Waals surface area contributed by atoms with Crippen molar-refractivity contribution in [3.05, 3.63) is 107 Å². The van der Waals surface area contributed by atoms with Crippen molar-refractivity contribution in [2.75, 3.05) is 13.9 Å². The maximum Gasteiger partial charge on any atom is 0.495 e. The van der Waals surface area contributed by atoms with Crippen LogP contribution in [0.25, 0.3) is 22.3 Å². The van der Waals surface area contributed by atoms with Gasteiger partial charge in [-0.1, -0.05) is 78.4 Å². The van der Waals surface area contributed by atoms with Crippen LogP contribution in [0.2, 0.25) is 0 Å². The van der Waals surface area contributed by atoms with Gasteiger partial charge in [-0.05, 0) is 92.5 Å². The molecule has 0 atom stereocenters. The lowest BCUT2D eigenvalue weighted by Gasteiger charge is -2.32. The Balaban J connectivity index is 1.67. The van der Waals surface area contributed by atoms with Crippen LogP contribution >= 0.6 is 0 Å². The SMILES string of the molecule is COCOc1ccc(C)cc1-c1cccc(C2(C)c3ccccc3-c3ccccc32)c1B1OC(C)(C)C(C)(C)O1. The van der Waals surface area contributed by atoms with Crippen LogP contribution in [0.5, 0.6) is 5.75 Å². The lowest BCUT2D eigenvalue weighted by Crippen LogP contribution is -2.42. The van der Waals surface area contributed by atoms with E-state index in [0.29, 0.717) is 0 Å². The Morgan fingerprint density at radius 3 is 1.80 bits per heavy atom. The summed E-state index contributed by atoms with van der Waals surface area (Å²) in [5.74, 6) is 0.764. The highest BCUT2D eigenvalue weighted by Crippen LogP contribution is 2.52. The Morgan fingerprint density at radius 2 is 1.20 bits per heavy atom. The van der Waals surface area contributed by atoms with E-state index in [-0.39, 0.29) is 6.79 Å². The first-order chi connectivity index (χ1) is 19.1. The molecule has 0 aromatic heterocycles. The summed E-state index contributed by atoms with van der Waals surface area (Å²) >= 11 is 0. The van der Waals surface area contributed by atoms with Crippen molar-refractivity contribution in [1.82, 2.24) is 0 Å². The fourth-order valence-electron chi connectivity index (χ4n) is 6.30. The minimum Gasteiger partial charge on any atom is -0.467 e. The zero-order valence-electron chi connectivity index (χ0n) is 24.5. The summed E-state index contributed by atoms with van der Waals surface area (Å²) in [6, 6.07) is 30.3. The molecule has 0 radical (unpaired) electrons. The van der Waals surface area contributed by atoms with Gasteiger partial charge < -0.3 is 18.8 Å². The molecule has 1 aliphatic heterocycles. The minimum absolute atomic E-state index is 0.167. The molecule has 4 aromatic carbocycles. The molecule has 0 saturated carbocycles. The van der Waals surface area contributed by atoms with Crippen LogP contribution in [0, 0.1) is 6.92 Å². The van der Waals surface area contributed by atoms with Gasteiger partial charge in [0.1, 0.15) is 5.75 Å². The van der Waals surface area contributed by atoms with E-state index in [1.807, 2.05) is 6.07 Å². The van der Waals surface area contributed by atoms with Crippen molar-refractivity contribution in [1.29, 1.82) is 0 Å². The largest absolute Gasteiger partial charge is 0.495 e. The molecule has 5 heteroatoms. The molecular formula is C35H37BO4. The van der Waals surface area contributed by atoms with Crippen molar-refractivity contribution >= 4 is 12.6 Å². The number of aryl methyl sites for hydroxylation is 1. The van der Waals surface area contributed by atoms with Crippen molar-refractivity contribution in [3.8, 4) is 28.0 Å². The third-order valence-corrected chi connectivity index (χ3v) is 9.11. The Hall–Kier alpha value is -3.38. The standard InChI is InChI=1S/C35H37BO4/c1-23-19-20-31(38-22-37-7)27(21-23)26-15-12-18-30(32(26)36-39-33(2,3)34(4,5)40-36)35(6)28-16-10-8-13-24(28)25-14-9-11-17-29(25)35/h8-21H,22H2,1-7H3. The highest BCUT2D eigenvalue weighted by atomic mass is 16.7. The van der Waals surface area contributed by atoms with Gasteiger partial charge in [0.15, 0.2) is 6.79 Å². The Bertz CT molecular complexity index is 1530. The molecule has 2 aliphatic rings. The number of hydrogen-bond donors (Lipinski definition) is 0. The molecule has 1 aliphatic carbocycles. The first-order valence-electron chi connectivity index (χ1n) is 14.0. The highest BCUT2D eigenvalue weighted by Gasteiger charge is 2.54. The second kappa shape index (κ2) is 9.62. The fraction of sp³-hybridized carbons (Fsp3) is 0.314. The zero-order chi connectivity index (χ0) is 28.3. The van der Waals surface area contributed by atoms with Gasteiger partial charge in [-0.3, -0.25) is 0 Å². The molecule has 1 saturated heterocycles. The monoisotopic (exact) mass is 532 g/mol. The van der Waals surface area contributed by atoms with Crippen molar-refractivity contribution < 1.29 is 18.8 Å².